The van der Waals surface area contributed by atoms with Gasteiger partial charge in [-0.1, -0.05) is 0 Å². The molecule has 1 aliphatic rings. The van der Waals surface area contributed by atoms with Crippen molar-refractivity contribution in [2.75, 3.05) is 13.2 Å². The van der Waals surface area contributed by atoms with Crippen LogP contribution in [0.15, 0.2) is 16.7 Å². The van der Waals surface area contributed by atoms with Crippen molar-refractivity contribution in [2.45, 2.75) is 52.0 Å². The zero-order chi connectivity index (χ0) is 12.8. The summed E-state index contributed by atoms with van der Waals surface area (Å²) in [4.78, 5) is 0. The molecule has 1 aromatic heterocycles. The van der Waals surface area contributed by atoms with Crippen LogP contribution in [0.5, 0.6) is 0 Å². The van der Waals surface area contributed by atoms with Gasteiger partial charge < -0.3 is 19.2 Å². The first-order valence-electron chi connectivity index (χ1n) is 6.77. The summed E-state index contributed by atoms with van der Waals surface area (Å²) in [6.07, 6.45) is 4.43. The lowest BCUT2D eigenvalue weighted by atomic mass is 10.2. The van der Waals surface area contributed by atoms with Crippen LogP contribution in [0.3, 0.4) is 0 Å². The Bertz CT molecular complexity index is 347. The Morgan fingerprint density at radius 1 is 1.50 bits per heavy atom. The maximum atomic E-state index is 5.74. The van der Waals surface area contributed by atoms with E-state index < -0.39 is 0 Å². The Hall–Kier alpha value is -0.840. The number of hydrogen-bond donors (Lipinski definition) is 1. The molecule has 2 rings (SSSR count). The topological polar surface area (TPSA) is 43.6 Å². The van der Waals surface area contributed by atoms with Crippen molar-refractivity contribution in [3.8, 4) is 0 Å². The van der Waals surface area contributed by atoms with Gasteiger partial charge in [0, 0.05) is 18.2 Å². The highest BCUT2D eigenvalue weighted by molar-refractivity contribution is 5.16. The molecule has 1 N–H and O–H groups in total. The van der Waals surface area contributed by atoms with Gasteiger partial charge in [0.25, 0.3) is 0 Å². The van der Waals surface area contributed by atoms with Crippen LogP contribution in [-0.4, -0.2) is 25.4 Å². The van der Waals surface area contributed by atoms with Crippen LogP contribution in [-0.2, 0) is 22.6 Å². The van der Waals surface area contributed by atoms with Crippen molar-refractivity contribution in [3.63, 3.8) is 0 Å². The van der Waals surface area contributed by atoms with Crippen LogP contribution < -0.4 is 5.32 Å². The molecule has 1 unspecified atom stereocenters. The molecule has 1 heterocycles. The fraction of sp³-hybridized carbons (Fsp3) is 0.714. The minimum Gasteiger partial charge on any atom is -0.468 e. The van der Waals surface area contributed by atoms with Crippen molar-refractivity contribution in [1.29, 1.82) is 0 Å². The highest BCUT2D eigenvalue weighted by Crippen LogP contribution is 2.20. The van der Waals surface area contributed by atoms with E-state index in [9.17, 15) is 0 Å². The Labute approximate surface area is 109 Å². The van der Waals surface area contributed by atoms with Crippen LogP contribution in [0, 0.1) is 0 Å². The highest BCUT2D eigenvalue weighted by Gasteiger charge is 2.21. The molecular formula is C14H23NO3. The van der Waals surface area contributed by atoms with E-state index in [0.717, 1.165) is 24.5 Å². The zero-order valence-corrected chi connectivity index (χ0v) is 11.3. The minimum atomic E-state index is 0.115. The van der Waals surface area contributed by atoms with E-state index >= 15 is 0 Å². The summed E-state index contributed by atoms with van der Waals surface area (Å²) in [7, 11) is 0. The number of furan rings is 1. The molecule has 1 aliphatic carbocycles. The average molecular weight is 253 g/mol. The fourth-order valence-electron chi connectivity index (χ4n) is 1.74. The SMILES string of the molecule is CCOCC(C)OCc1ccoc1CNC1CC1. The summed E-state index contributed by atoms with van der Waals surface area (Å²) in [6.45, 7) is 6.78. The molecule has 4 nitrogen and oxygen atoms in total. The maximum absolute atomic E-state index is 5.74. The molecule has 18 heavy (non-hydrogen) atoms. The molecule has 4 heteroatoms. The van der Waals surface area contributed by atoms with Gasteiger partial charge in [0.05, 0.1) is 32.1 Å². The van der Waals surface area contributed by atoms with Crippen LogP contribution in [0.4, 0.5) is 0 Å². The highest BCUT2D eigenvalue weighted by atomic mass is 16.5. The van der Waals surface area contributed by atoms with E-state index in [4.69, 9.17) is 13.9 Å². The van der Waals surface area contributed by atoms with Crippen LogP contribution in [0.2, 0.25) is 0 Å². The lowest BCUT2D eigenvalue weighted by Crippen LogP contribution is -2.18. The van der Waals surface area contributed by atoms with Crippen molar-refractivity contribution >= 4 is 0 Å². The molecule has 0 spiro atoms. The van der Waals surface area contributed by atoms with Gasteiger partial charge in [-0.05, 0) is 32.8 Å². The normalized spacial score (nSPS) is 17.0. The van der Waals surface area contributed by atoms with Crippen LogP contribution in [0.1, 0.15) is 38.0 Å². The molecule has 1 atom stereocenters. The van der Waals surface area contributed by atoms with Gasteiger partial charge in [-0.3, -0.25) is 0 Å². The lowest BCUT2D eigenvalue weighted by molar-refractivity contribution is -0.0121. The Morgan fingerprint density at radius 3 is 3.06 bits per heavy atom. The van der Waals surface area contributed by atoms with Gasteiger partial charge in [-0.25, -0.2) is 0 Å². The number of ether oxygens (including phenoxy) is 2. The van der Waals surface area contributed by atoms with Gasteiger partial charge in [0.15, 0.2) is 0 Å². The van der Waals surface area contributed by atoms with Gasteiger partial charge in [-0.15, -0.1) is 0 Å². The second kappa shape index (κ2) is 6.92. The third-order valence-corrected chi connectivity index (χ3v) is 3.05. The lowest BCUT2D eigenvalue weighted by Gasteiger charge is -2.12. The number of nitrogens with one attached hydrogen (secondary N) is 1. The van der Waals surface area contributed by atoms with E-state index in [-0.39, 0.29) is 6.10 Å². The third kappa shape index (κ3) is 4.44. The van der Waals surface area contributed by atoms with E-state index in [1.807, 2.05) is 19.9 Å². The van der Waals surface area contributed by atoms with Crippen molar-refractivity contribution in [3.05, 3.63) is 23.7 Å². The summed E-state index contributed by atoms with van der Waals surface area (Å²) in [5.74, 6) is 0.991. The summed E-state index contributed by atoms with van der Waals surface area (Å²) in [5.41, 5.74) is 1.13. The molecule has 0 aromatic carbocycles. The van der Waals surface area contributed by atoms with Crippen molar-refractivity contribution in [1.82, 2.24) is 5.32 Å². The predicted octanol–water partition coefficient (Wildman–Crippen LogP) is 2.47. The van der Waals surface area contributed by atoms with Gasteiger partial charge in [0.1, 0.15) is 5.76 Å². The third-order valence-electron chi connectivity index (χ3n) is 3.05. The summed E-state index contributed by atoms with van der Waals surface area (Å²) >= 11 is 0. The second-order valence-corrected chi connectivity index (χ2v) is 4.81. The second-order valence-electron chi connectivity index (χ2n) is 4.81. The van der Waals surface area contributed by atoms with Crippen LogP contribution >= 0.6 is 0 Å². The van der Waals surface area contributed by atoms with Gasteiger partial charge in [-0.2, -0.15) is 0 Å². The largest absolute Gasteiger partial charge is 0.468 e. The molecule has 1 aromatic rings. The van der Waals surface area contributed by atoms with E-state index in [1.54, 1.807) is 6.26 Å². The summed E-state index contributed by atoms with van der Waals surface area (Å²) in [6, 6.07) is 2.68. The standard InChI is InChI=1S/C14H23NO3/c1-3-16-9-11(2)18-10-12-6-7-17-14(12)8-15-13-4-5-13/h6-7,11,13,15H,3-5,8-10H2,1-2H3. The van der Waals surface area contributed by atoms with Crippen molar-refractivity contribution in [2.24, 2.45) is 0 Å². The van der Waals surface area contributed by atoms with Gasteiger partial charge >= 0.3 is 0 Å². The van der Waals surface area contributed by atoms with Crippen molar-refractivity contribution < 1.29 is 13.9 Å². The molecule has 0 bridgehead atoms. The first kappa shape index (κ1) is 13.6. The monoisotopic (exact) mass is 253 g/mol. The van der Waals surface area contributed by atoms with E-state index in [0.29, 0.717) is 19.3 Å². The van der Waals surface area contributed by atoms with E-state index in [2.05, 4.69) is 5.32 Å². The van der Waals surface area contributed by atoms with Crippen LogP contribution in [0.25, 0.3) is 0 Å². The van der Waals surface area contributed by atoms with Gasteiger partial charge in [0.2, 0.25) is 0 Å². The minimum absolute atomic E-state index is 0.115. The Morgan fingerprint density at radius 2 is 2.33 bits per heavy atom. The first-order valence-corrected chi connectivity index (χ1v) is 6.77. The number of hydrogen-bond acceptors (Lipinski definition) is 4. The molecule has 1 fully saturated rings. The first-order chi connectivity index (χ1) is 8.79. The fourth-order valence-corrected chi connectivity index (χ4v) is 1.74. The zero-order valence-electron chi connectivity index (χ0n) is 11.3. The average Bonchev–Trinajstić information content (AvgIpc) is 3.10. The van der Waals surface area contributed by atoms with E-state index in [1.165, 1.54) is 12.8 Å². The molecule has 0 amide bonds. The summed E-state index contributed by atoms with van der Waals surface area (Å²) < 4.78 is 16.5. The molecule has 0 saturated heterocycles. The predicted molar refractivity (Wildman–Crippen MR) is 69.3 cm³/mol. The molecule has 0 aliphatic heterocycles. The summed E-state index contributed by atoms with van der Waals surface area (Å²) in [5, 5.41) is 3.45. The molecule has 1 saturated carbocycles. The Balaban J connectivity index is 1.72. The molecule has 102 valence electrons. The number of rotatable bonds is 9. The maximum Gasteiger partial charge on any atom is 0.123 e. The Kier molecular flexibility index (Phi) is 5.23. The molecular weight excluding hydrogens is 230 g/mol. The smallest absolute Gasteiger partial charge is 0.123 e. The quantitative estimate of drug-likeness (QED) is 0.734. The molecule has 0 radical (unpaired) electrons.